The molecule has 0 radical (unpaired) electrons. The van der Waals surface area contributed by atoms with Gasteiger partial charge in [-0.2, -0.15) is 0 Å². The fourth-order valence-electron chi connectivity index (χ4n) is 2.51. The Balaban J connectivity index is 1.77. The third-order valence-electron chi connectivity index (χ3n) is 3.96. The Hall–Kier alpha value is -1.66. The number of anilines is 1. The van der Waals surface area contributed by atoms with Gasteiger partial charge in [-0.05, 0) is 42.5 Å². The number of aromatic hydroxyl groups is 1. The highest BCUT2D eigenvalue weighted by Gasteiger charge is 2.11. The van der Waals surface area contributed by atoms with Crippen LogP contribution >= 0.6 is 50.7 Å². The summed E-state index contributed by atoms with van der Waals surface area (Å²) in [4.78, 5) is 0. The number of ether oxygens (including phenoxy) is 1. The van der Waals surface area contributed by atoms with Crippen LogP contribution < -0.4 is 10.1 Å². The zero-order valence-electron chi connectivity index (χ0n) is 14.3. The van der Waals surface area contributed by atoms with Gasteiger partial charge in [0.15, 0.2) is 5.75 Å². The van der Waals surface area contributed by atoms with Crippen LogP contribution in [-0.2, 0) is 13.2 Å². The first-order chi connectivity index (χ1) is 13.3. The standard InChI is InChI=1S/C20H14BrCl3FNO2/c21-12-4-5-19(28-10-14-15(22)2-1-3-18(14)25)11(6-12)9-26-13-7-16(23)20(27)17(24)8-13/h1-8,26-27H,9-10H2. The van der Waals surface area contributed by atoms with Gasteiger partial charge in [0.1, 0.15) is 18.2 Å². The molecule has 0 aliphatic rings. The van der Waals surface area contributed by atoms with Gasteiger partial charge in [-0.1, -0.05) is 56.8 Å². The predicted octanol–water partition coefficient (Wildman–Crippen LogP) is 7.45. The first-order valence-corrected chi connectivity index (χ1v) is 10.0. The number of halogens is 5. The molecule has 0 bridgehead atoms. The summed E-state index contributed by atoms with van der Waals surface area (Å²) in [7, 11) is 0. The zero-order valence-corrected chi connectivity index (χ0v) is 18.1. The van der Waals surface area contributed by atoms with Crippen molar-refractivity contribution in [3.63, 3.8) is 0 Å². The van der Waals surface area contributed by atoms with Gasteiger partial charge in [0.2, 0.25) is 0 Å². The molecule has 0 heterocycles. The molecule has 0 aromatic heterocycles. The van der Waals surface area contributed by atoms with E-state index in [1.165, 1.54) is 6.07 Å². The van der Waals surface area contributed by atoms with Gasteiger partial charge in [0.25, 0.3) is 0 Å². The van der Waals surface area contributed by atoms with Crippen LogP contribution in [0.5, 0.6) is 11.5 Å². The molecular formula is C20H14BrCl3FNO2. The number of phenols is 1. The van der Waals surface area contributed by atoms with Gasteiger partial charge in [-0.3, -0.25) is 0 Å². The molecule has 2 N–H and O–H groups in total. The number of nitrogens with one attached hydrogen (secondary N) is 1. The van der Waals surface area contributed by atoms with E-state index in [2.05, 4.69) is 21.2 Å². The molecule has 3 nitrogen and oxygen atoms in total. The summed E-state index contributed by atoms with van der Waals surface area (Å²) in [5, 5.41) is 13.4. The lowest BCUT2D eigenvalue weighted by Crippen LogP contribution is -2.05. The van der Waals surface area contributed by atoms with Crippen molar-refractivity contribution in [3.05, 3.63) is 85.0 Å². The van der Waals surface area contributed by atoms with Gasteiger partial charge in [0, 0.05) is 27.8 Å². The number of hydrogen-bond acceptors (Lipinski definition) is 3. The van der Waals surface area contributed by atoms with Crippen LogP contribution in [-0.4, -0.2) is 5.11 Å². The number of phenolic OH excluding ortho intramolecular Hbond substituents is 1. The lowest BCUT2D eigenvalue weighted by atomic mass is 10.2. The lowest BCUT2D eigenvalue weighted by molar-refractivity contribution is 0.297. The third kappa shape index (κ3) is 5.03. The summed E-state index contributed by atoms with van der Waals surface area (Å²) in [5.41, 5.74) is 1.75. The van der Waals surface area contributed by atoms with Crippen molar-refractivity contribution in [2.45, 2.75) is 13.2 Å². The van der Waals surface area contributed by atoms with Crippen molar-refractivity contribution in [2.24, 2.45) is 0 Å². The Morgan fingerprint density at radius 1 is 1.00 bits per heavy atom. The summed E-state index contributed by atoms with van der Waals surface area (Å²) in [6.45, 7) is 0.383. The van der Waals surface area contributed by atoms with E-state index >= 15 is 0 Å². The van der Waals surface area contributed by atoms with Crippen molar-refractivity contribution in [1.82, 2.24) is 0 Å². The highest BCUT2D eigenvalue weighted by molar-refractivity contribution is 9.10. The van der Waals surface area contributed by atoms with Crippen molar-refractivity contribution in [3.8, 4) is 11.5 Å². The normalized spacial score (nSPS) is 10.8. The highest BCUT2D eigenvalue weighted by atomic mass is 79.9. The maximum Gasteiger partial charge on any atom is 0.152 e. The molecular weight excluding hydrogens is 491 g/mol. The molecule has 0 fully saturated rings. The van der Waals surface area contributed by atoms with Crippen molar-refractivity contribution >= 4 is 56.4 Å². The molecule has 0 amide bonds. The maximum absolute atomic E-state index is 14.0. The Morgan fingerprint density at radius 3 is 2.39 bits per heavy atom. The van der Waals surface area contributed by atoms with Crippen LogP contribution in [0.1, 0.15) is 11.1 Å². The lowest BCUT2D eigenvalue weighted by Gasteiger charge is -2.15. The molecule has 0 spiro atoms. The second kappa shape index (κ2) is 9.23. The van der Waals surface area contributed by atoms with Crippen LogP contribution in [0.4, 0.5) is 10.1 Å². The number of rotatable bonds is 6. The minimum absolute atomic E-state index is 0.00297. The van der Waals surface area contributed by atoms with E-state index in [0.717, 1.165) is 10.0 Å². The molecule has 0 saturated carbocycles. The largest absolute Gasteiger partial charge is 0.505 e. The quantitative estimate of drug-likeness (QED) is 0.342. The van der Waals surface area contributed by atoms with Gasteiger partial charge in [-0.25, -0.2) is 4.39 Å². The molecule has 3 rings (SSSR count). The van der Waals surface area contributed by atoms with E-state index in [4.69, 9.17) is 39.5 Å². The highest BCUT2D eigenvalue weighted by Crippen LogP contribution is 2.35. The SMILES string of the molecule is Oc1c(Cl)cc(NCc2cc(Br)ccc2OCc2c(F)cccc2Cl)cc1Cl. The van der Waals surface area contributed by atoms with Gasteiger partial charge >= 0.3 is 0 Å². The molecule has 0 atom stereocenters. The number of benzene rings is 3. The first-order valence-electron chi connectivity index (χ1n) is 8.11. The van der Waals surface area contributed by atoms with Crippen LogP contribution in [0.25, 0.3) is 0 Å². The Bertz CT molecular complexity index is 973. The van der Waals surface area contributed by atoms with Crippen molar-refractivity contribution in [1.29, 1.82) is 0 Å². The average molecular weight is 506 g/mol. The van der Waals surface area contributed by atoms with Gasteiger partial charge in [-0.15, -0.1) is 0 Å². The van der Waals surface area contributed by atoms with E-state index in [9.17, 15) is 9.50 Å². The fourth-order valence-corrected chi connectivity index (χ4v) is 3.63. The Labute approximate surface area is 185 Å². The average Bonchev–Trinajstić information content (AvgIpc) is 2.65. The minimum Gasteiger partial charge on any atom is -0.505 e. The number of hydrogen-bond donors (Lipinski definition) is 2. The van der Waals surface area contributed by atoms with E-state index in [0.29, 0.717) is 28.6 Å². The monoisotopic (exact) mass is 503 g/mol. The fraction of sp³-hybridized carbons (Fsp3) is 0.100. The van der Waals surface area contributed by atoms with E-state index in [-0.39, 0.29) is 22.4 Å². The van der Waals surface area contributed by atoms with Crippen LogP contribution in [0, 0.1) is 5.82 Å². The summed E-state index contributed by atoms with van der Waals surface area (Å²) in [5.74, 6) is -0.00853. The predicted molar refractivity (Wildman–Crippen MR) is 115 cm³/mol. The third-order valence-corrected chi connectivity index (χ3v) is 5.38. The molecule has 146 valence electrons. The second-order valence-electron chi connectivity index (χ2n) is 5.88. The van der Waals surface area contributed by atoms with Crippen molar-refractivity contribution < 1.29 is 14.2 Å². The molecule has 0 saturated heterocycles. The summed E-state index contributed by atoms with van der Waals surface area (Å²) < 4.78 is 20.6. The summed E-state index contributed by atoms with van der Waals surface area (Å²) in [6, 6.07) is 13.1. The van der Waals surface area contributed by atoms with Crippen LogP contribution in [0.2, 0.25) is 15.1 Å². The molecule has 0 aliphatic carbocycles. The zero-order chi connectivity index (χ0) is 20.3. The van der Waals surface area contributed by atoms with Crippen LogP contribution in [0.3, 0.4) is 0 Å². The second-order valence-corrected chi connectivity index (χ2v) is 8.02. The topological polar surface area (TPSA) is 41.5 Å². The molecule has 3 aromatic rings. The van der Waals surface area contributed by atoms with E-state index in [1.54, 1.807) is 30.3 Å². The van der Waals surface area contributed by atoms with Crippen LogP contribution in [0.15, 0.2) is 53.0 Å². The van der Waals surface area contributed by atoms with Gasteiger partial charge < -0.3 is 15.2 Å². The van der Waals surface area contributed by atoms with Crippen molar-refractivity contribution in [2.75, 3.05) is 5.32 Å². The maximum atomic E-state index is 14.0. The molecule has 0 aliphatic heterocycles. The summed E-state index contributed by atoms with van der Waals surface area (Å²) in [6.07, 6.45) is 0. The first kappa shape index (κ1) is 21.1. The molecule has 0 unspecified atom stereocenters. The summed E-state index contributed by atoms with van der Waals surface area (Å²) >= 11 is 21.4. The van der Waals surface area contributed by atoms with E-state index < -0.39 is 5.82 Å². The van der Waals surface area contributed by atoms with Gasteiger partial charge in [0.05, 0.1) is 15.1 Å². The molecule has 3 aromatic carbocycles. The molecule has 8 heteroatoms. The Kier molecular flexibility index (Phi) is 6.94. The Morgan fingerprint density at radius 2 is 1.71 bits per heavy atom. The minimum atomic E-state index is -0.419. The van der Waals surface area contributed by atoms with E-state index in [1.807, 2.05) is 12.1 Å². The smallest absolute Gasteiger partial charge is 0.152 e. The molecule has 28 heavy (non-hydrogen) atoms.